The molecule has 5 heteroatoms. The van der Waals surface area contributed by atoms with E-state index in [9.17, 15) is 10.2 Å². The predicted molar refractivity (Wildman–Crippen MR) is 72.7 cm³/mol. The fourth-order valence-electron chi connectivity index (χ4n) is 2.23. The molecule has 0 bridgehead atoms. The lowest BCUT2D eigenvalue weighted by molar-refractivity contribution is 0.0216. The van der Waals surface area contributed by atoms with Gasteiger partial charge in [0.2, 0.25) is 0 Å². The van der Waals surface area contributed by atoms with Crippen LogP contribution in [0.5, 0.6) is 0 Å². The number of rotatable bonds is 4. The van der Waals surface area contributed by atoms with Crippen molar-refractivity contribution in [3.8, 4) is 6.07 Å². The molecule has 2 unspecified atom stereocenters. The maximum absolute atomic E-state index is 9.90. The van der Waals surface area contributed by atoms with Crippen LogP contribution in [-0.2, 0) is 0 Å². The number of nitrogens with zero attached hydrogens (tertiary/aromatic N) is 2. The van der Waals surface area contributed by atoms with Crippen molar-refractivity contribution in [2.75, 3.05) is 31.1 Å². The van der Waals surface area contributed by atoms with E-state index in [4.69, 9.17) is 5.26 Å². The number of benzene rings is 1. The normalized spacial score (nSPS) is 18.7. The van der Waals surface area contributed by atoms with Crippen molar-refractivity contribution < 1.29 is 10.2 Å². The Morgan fingerprint density at radius 2 is 1.84 bits per heavy atom. The first kappa shape index (κ1) is 13.8. The highest BCUT2D eigenvalue weighted by Crippen LogP contribution is 2.22. The number of aliphatic hydroxyl groups is 2. The van der Waals surface area contributed by atoms with E-state index < -0.39 is 12.2 Å². The number of nitrogens with one attached hydrogen (secondary N) is 1. The van der Waals surface area contributed by atoms with E-state index in [1.807, 2.05) is 30.3 Å². The van der Waals surface area contributed by atoms with Crippen LogP contribution in [0.25, 0.3) is 0 Å². The van der Waals surface area contributed by atoms with Crippen molar-refractivity contribution in [1.29, 1.82) is 5.26 Å². The van der Waals surface area contributed by atoms with Gasteiger partial charge < -0.3 is 20.4 Å². The molecule has 1 heterocycles. The van der Waals surface area contributed by atoms with Gasteiger partial charge in [-0.3, -0.25) is 0 Å². The van der Waals surface area contributed by atoms with Crippen molar-refractivity contribution in [3.63, 3.8) is 0 Å². The van der Waals surface area contributed by atoms with Crippen molar-refractivity contribution in [2.24, 2.45) is 0 Å². The van der Waals surface area contributed by atoms with Crippen LogP contribution in [0.2, 0.25) is 0 Å². The molecule has 0 amide bonds. The summed E-state index contributed by atoms with van der Waals surface area (Å²) < 4.78 is 0. The minimum absolute atomic E-state index is 0.0687. The van der Waals surface area contributed by atoms with Gasteiger partial charge in [-0.15, -0.1) is 0 Å². The first-order chi connectivity index (χ1) is 9.22. The van der Waals surface area contributed by atoms with E-state index in [1.54, 1.807) is 0 Å². The fraction of sp³-hybridized carbons (Fsp3) is 0.500. The summed E-state index contributed by atoms with van der Waals surface area (Å²) in [6, 6.07) is 9.37. The Bertz CT molecular complexity index is 435. The molecule has 0 aromatic heterocycles. The smallest absolute Gasteiger partial charge is 0.106 e. The summed E-state index contributed by atoms with van der Waals surface area (Å²) in [6.45, 7) is 3.90. The van der Waals surface area contributed by atoms with Crippen LogP contribution in [0.15, 0.2) is 24.3 Å². The van der Waals surface area contributed by atoms with Crippen LogP contribution in [0.3, 0.4) is 0 Å². The van der Waals surface area contributed by atoms with E-state index in [2.05, 4.69) is 10.2 Å². The highest BCUT2D eigenvalue weighted by molar-refractivity contribution is 5.48. The third-order valence-electron chi connectivity index (χ3n) is 3.38. The van der Waals surface area contributed by atoms with Crippen molar-refractivity contribution >= 4 is 5.69 Å². The molecule has 19 heavy (non-hydrogen) atoms. The number of aliphatic hydroxyl groups excluding tert-OH is 2. The molecule has 1 aromatic carbocycles. The van der Waals surface area contributed by atoms with Gasteiger partial charge in [-0.1, -0.05) is 12.1 Å². The quantitative estimate of drug-likeness (QED) is 0.731. The molecule has 2 rings (SSSR count). The molecule has 0 radical (unpaired) electrons. The van der Waals surface area contributed by atoms with Crippen molar-refractivity contribution in [2.45, 2.75) is 18.6 Å². The maximum Gasteiger partial charge on any atom is 0.106 e. The van der Waals surface area contributed by atoms with Crippen LogP contribution in [0.1, 0.15) is 18.1 Å². The molecule has 1 aromatic rings. The second-order valence-electron chi connectivity index (χ2n) is 4.70. The van der Waals surface area contributed by atoms with Gasteiger partial charge >= 0.3 is 0 Å². The van der Waals surface area contributed by atoms with Crippen molar-refractivity contribution in [1.82, 2.24) is 5.32 Å². The molecular formula is C14H19N3O2. The molecule has 1 aliphatic rings. The van der Waals surface area contributed by atoms with Gasteiger partial charge in [0.05, 0.1) is 18.6 Å². The van der Waals surface area contributed by atoms with Crippen LogP contribution < -0.4 is 10.2 Å². The third kappa shape index (κ3) is 3.44. The van der Waals surface area contributed by atoms with Gasteiger partial charge in [-0.05, 0) is 17.7 Å². The summed E-state index contributed by atoms with van der Waals surface area (Å²) in [7, 11) is 0. The van der Waals surface area contributed by atoms with Crippen LogP contribution >= 0.6 is 0 Å². The van der Waals surface area contributed by atoms with Gasteiger partial charge in [-0.25, -0.2) is 0 Å². The predicted octanol–water partition coefficient (Wildman–Crippen LogP) is 0.404. The largest absolute Gasteiger partial charge is 0.389 e. The Balaban J connectivity index is 2.03. The summed E-state index contributed by atoms with van der Waals surface area (Å²) >= 11 is 0. The maximum atomic E-state index is 9.90. The lowest BCUT2D eigenvalue weighted by Gasteiger charge is -2.29. The lowest BCUT2D eigenvalue weighted by atomic mass is 10.0. The molecule has 2 atom stereocenters. The number of piperazine rings is 1. The van der Waals surface area contributed by atoms with E-state index in [1.165, 1.54) is 0 Å². The highest BCUT2D eigenvalue weighted by atomic mass is 16.3. The van der Waals surface area contributed by atoms with Gasteiger partial charge in [0.15, 0.2) is 0 Å². The summed E-state index contributed by atoms with van der Waals surface area (Å²) in [4.78, 5) is 2.28. The molecule has 0 aliphatic carbocycles. The third-order valence-corrected chi connectivity index (χ3v) is 3.38. The number of anilines is 1. The highest BCUT2D eigenvalue weighted by Gasteiger charge is 2.18. The minimum Gasteiger partial charge on any atom is -0.389 e. The Hall–Kier alpha value is -1.61. The summed E-state index contributed by atoms with van der Waals surface area (Å²) in [5, 5.41) is 31.3. The average Bonchev–Trinajstić information content (AvgIpc) is 2.48. The fourth-order valence-corrected chi connectivity index (χ4v) is 2.23. The molecule has 0 saturated carbocycles. The molecule has 0 spiro atoms. The molecule has 102 valence electrons. The Kier molecular flexibility index (Phi) is 4.74. The minimum atomic E-state index is -1.03. The van der Waals surface area contributed by atoms with Gasteiger partial charge in [-0.2, -0.15) is 5.26 Å². The molecule has 5 nitrogen and oxygen atoms in total. The van der Waals surface area contributed by atoms with Gasteiger partial charge in [0, 0.05) is 31.9 Å². The van der Waals surface area contributed by atoms with Gasteiger partial charge in [0.25, 0.3) is 0 Å². The summed E-state index contributed by atoms with van der Waals surface area (Å²) in [5.41, 5.74) is 1.76. The van der Waals surface area contributed by atoms with E-state index in [0.29, 0.717) is 5.56 Å². The average molecular weight is 261 g/mol. The van der Waals surface area contributed by atoms with E-state index in [0.717, 1.165) is 31.9 Å². The Labute approximate surface area is 113 Å². The zero-order valence-electron chi connectivity index (χ0n) is 10.8. The topological polar surface area (TPSA) is 79.5 Å². The second kappa shape index (κ2) is 6.53. The lowest BCUT2D eigenvalue weighted by Crippen LogP contribution is -2.43. The number of nitriles is 1. The summed E-state index contributed by atoms with van der Waals surface area (Å²) in [5.74, 6) is 0. The monoisotopic (exact) mass is 261 g/mol. The summed E-state index contributed by atoms with van der Waals surface area (Å²) in [6.07, 6.45) is -2.10. The Morgan fingerprint density at radius 3 is 2.42 bits per heavy atom. The molecule has 1 saturated heterocycles. The first-order valence-corrected chi connectivity index (χ1v) is 6.51. The second-order valence-corrected chi connectivity index (χ2v) is 4.70. The molecular weight excluding hydrogens is 242 g/mol. The first-order valence-electron chi connectivity index (χ1n) is 6.51. The molecule has 1 fully saturated rings. The number of hydrogen-bond donors (Lipinski definition) is 3. The standard InChI is InChI=1S/C14H19N3O2/c15-6-5-13(18)14(19)11-1-3-12(4-2-11)17-9-7-16-8-10-17/h1-4,13-14,16,18-19H,5,7-10H2. The zero-order valence-corrected chi connectivity index (χ0v) is 10.8. The van der Waals surface area contributed by atoms with Gasteiger partial charge in [0.1, 0.15) is 6.10 Å². The van der Waals surface area contributed by atoms with E-state index >= 15 is 0 Å². The molecule has 1 aliphatic heterocycles. The van der Waals surface area contributed by atoms with E-state index in [-0.39, 0.29) is 6.42 Å². The Morgan fingerprint density at radius 1 is 1.21 bits per heavy atom. The van der Waals surface area contributed by atoms with Crippen LogP contribution in [0, 0.1) is 11.3 Å². The van der Waals surface area contributed by atoms with Crippen molar-refractivity contribution in [3.05, 3.63) is 29.8 Å². The zero-order chi connectivity index (χ0) is 13.7. The van der Waals surface area contributed by atoms with Crippen LogP contribution in [0.4, 0.5) is 5.69 Å². The van der Waals surface area contributed by atoms with Crippen LogP contribution in [-0.4, -0.2) is 42.5 Å². The number of hydrogen-bond acceptors (Lipinski definition) is 5. The SMILES string of the molecule is N#CCC(O)C(O)c1ccc(N2CCNCC2)cc1. The molecule has 3 N–H and O–H groups in total.